The average molecular weight is 463 g/mol. The summed E-state index contributed by atoms with van der Waals surface area (Å²) in [5, 5.41) is 30.9. The number of carbonyl (C=O) groups excluding carboxylic acids is 3. The minimum atomic E-state index is -1.32. The van der Waals surface area contributed by atoms with E-state index in [2.05, 4.69) is 4.74 Å². The number of aromatic hydroxyl groups is 1. The van der Waals surface area contributed by atoms with Gasteiger partial charge in [-0.05, 0) is 38.0 Å². The van der Waals surface area contributed by atoms with Crippen molar-refractivity contribution in [2.24, 2.45) is 0 Å². The highest BCUT2D eigenvalue weighted by Crippen LogP contribution is 2.38. The number of phenolic OH excluding ortho intramolecular Hbond substituents is 1. The number of hydrogen-bond donors (Lipinski definition) is 1. The number of hydrogen-bond acceptors (Lipinski definition) is 10. The quantitative estimate of drug-likeness (QED) is 0.136. The first-order chi connectivity index (χ1) is 15.6. The molecule has 0 radical (unpaired) electrons. The fourth-order valence-electron chi connectivity index (χ4n) is 2.69. The summed E-state index contributed by atoms with van der Waals surface area (Å²) in [6, 6.07) is 3.70. The van der Waals surface area contributed by atoms with E-state index >= 15 is 0 Å². The zero-order valence-corrected chi connectivity index (χ0v) is 18.7. The lowest BCUT2D eigenvalue weighted by Crippen LogP contribution is -2.31. The van der Waals surface area contributed by atoms with Crippen molar-refractivity contribution in [2.45, 2.75) is 39.7 Å². The number of nitro groups is 1. The Morgan fingerprint density at radius 2 is 1.91 bits per heavy atom. The van der Waals surface area contributed by atoms with Crippen molar-refractivity contribution in [1.29, 1.82) is 5.26 Å². The summed E-state index contributed by atoms with van der Waals surface area (Å²) < 4.78 is 14.4. The van der Waals surface area contributed by atoms with Gasteiger partial charge in [0.2, 0.25) is 5.75 Å². The van der Waals surface area contributed by atoms with Crippen molar-refractivity contribution in [2.75, 3.05) is 20.2 Å². The Balaban J connectivity index is 3.31. The Labute approximate surface area is 190 Å². The molecule has 0 saturated carbocycles. The molecule has 1 N–H and O–H groups in total. The zero-order chi connectivity index (χ0) is 25.1. The van der Waals surface area contributed by atoms with Crippen molar-refractivity contribution >= 4 is 29.8 Å². The molecule has 1 aromatic rings. The number of nitriles is 1. The van der Waals surface area contributed by atoms with Gasteiger partial charge in [0.1, 0.15) is 17.7 Å². The molecule has 12 nitrogen and oxygen atoms in total. The van der Waals surface area contributed by atoms with Crippen LogP contribution in [0, 0.1) is 21.4 Å². The van der Waals surface area contributed by atoms with Crippen LogP contribution in [0.3, 0.4) is 0 Å². The van der Waals surface area contributed by atoms with Gasteiger partial charge in [0, 0.05) is 19.2 Å². The van der Waals surface area contributed by atoms with Gasteiger partial charge in [0.15, 0.2) is 5.75 Å². The van der Waals surface area contributed by atoms with E-state index in [1.807, 2.05) is 0 Å². The number of likely N-dealkylation sites (N-methyl/N-ethyl adjacent to an activating group) is 1. The largest absolute Gasteiger partial charge is 0.514 e. The molecule has 0 bridgehead atoms. The molecule has 1 amide bonds. The molecule has 0 aliphatic rings. The van der Waals surface area contributed by atoms with Gasteiger partial charge < -0.3 is 24.2 Å². The van der Waals surface area contributed by atoms with E-state index in [9.17, 15) is 34.9 Å². The second kappa shape index (κ2) is 12.7. The van der Waals surface area contributed by atoms with Crippen LogP contribution in [0.15, 0.2) is 17.7 Å². The minimum absolute atomic E-state index is 0.0408. The topological polar surface area (TPSA) is 169 Å². The third-order valence-corrected chi connectivity index (χ3v) is 4.52. The summed E-state index contributed by atoms with van der Waals surface area (Å²) in [6.45, 7) is 5.78. The molecule has 0 spiro atoms. The summed E-state index contributed by atoms with van der Waals surface area (Å²) in [6.07, 6.45) is -1.12. The second-order valence-corrected chi connectivity index (χ2v) is 6.57. The number of nitro benzene ring substituents is 1. The van der Waals surface area contributed by atoms with Crippen LogP contribution in [0.2, 0.25) is 0 Å². The van der Waals surface area contributed by atoms with Crippen molar-refractivity contribution in [3.8, 4) is 17.6 Å². The number of rotatable bonds is 10. The van der Waals surface area contributed by atoms with Crippen LogP contribution in [0.5, 0.6) is 11.5 Å². The third-order valence-electron chi connectivity index (χ3n) is 4.52. The van der Waals surface area contributed by atoms with Gasteiger partial charge in [0.05, 0.1) is 18.5 Å². The second-order valence-electron chi connectivity index (χ2n) is 6.57. The molecule has 178 valence electrons. The Morgan fingerprint density at radius 1 is 1.27 bits per heavy atom. The van der Waals surface area contributed by atoms with Crippen molar-refractivity contribution in [1.82, 2.24) is 4.90 Å². The molecule has 1 rings (SSSR count). The Kier molecular flexibility index (Phi) is 10.3. The molecule has 0 fully saturated rings. The fourth-order valence-corrected chi connectivity index (χ4v) is 2.69. The molecule has 0 heterocycles. The molecule has 0 saturated heterocycles. The van der Waals surface area contributed by atoms with E-state index in [0.29, 0.717) is 13.1 Å². The third kappa shape index (κ3) is 7.49. The van der Waals surface area contributed by atoms with Gasteiger partial charge >= 0.3 is 17.8 Å². The van der Waals surface area contributed by atoms with E-state index in [0.717, 1.165) is 18.2 Å². The van der Waals surface area contributed by atoms with Crippen molar-refractivity contribution < 1.29 is 38.6 Å². The van der Waals surface area contributed by atoms with Crippen LogP contribution in [-0.4, -0.2) is 59.3 Å². The number of esters is 1. The van der Waals surface area contributed by atoms with Crippen LogP contribution in [-0.2, 0) is 19.1 Å². The summed E-state index contributed by atoms with van der Waals surface area (Å²) in [5.74, 6) is -2.79. The smallest absolute Gasteiger partial charge is 0.499 e. The van der Waals surface area contributed by atoms with Crippen molar-refractivity contribution in [3.63, 3.8) is 0 Å². The van der Waals surface area contributed by atoms with Crippen LogP contribution < -0.4 is 4.74 Å². The SMILES string of the molecule is CCC(CC(=O)OC)OC(=O)Oc1cc(C=C(C#N)C(=O)N(CC)CC)cc([N+](=O)[O-])c1O. The van der Waals surface area contributed by atoms with E-state index in [1.54, 1.807) is 26.8 Å². The highest BCUT2D eigenvalue weighted by molar-refractivity contribution is 6.01. The number of amides is 1. The summed E-state index contributed by atoms with van der Waals surface area (Å²) in [4.78, 5) is 47.8. The van der Waals surface area contributed by atoms with Crippen LogP contribution in [0.4, 0.5) is 10.5 Å². The molecule has 33 heavy (non-hydrogen) atoms. The van der Waals surface area contributed by atoms with E-state index < -0.39 is 46.2 Å². The Hall–Kier alpha value is -4.14. The number of ether oxygens (including phenoxy) is 3. The monoisotopic (exact) mass is 463 g/mol. The molecular weight excluding hydrogens is 438 g/mol. The molecular formula is C21H25N3O9. The maximum Gasteiger partial charge on any atom is 0.514 e. The average Bonchev–Trinajstić information content (AvgIpc) is 2.78. The predicted molar refractivity (Wildman–Crippen MR) is 114 cm³/mol. The molecule has 0 aliphatic carbocycles. The Bertz CT molecular complexity index is 978. The molecule has 1 unspecified atom stereocenters. The minimum Gasteiger partial charge on any atom is -0.499 e. The molecule has 0 aromatic heterocycles. The van der Waals surface area contributed by atoms with Crippen LogP contribution in [0.1, 0.15) is 39.2 Å². The zero-order valence-electron chi connectivity index (χ0n) is 18.7. The van der Waals surface area contributed by atoms with Gasteiger partial charge in [-0.1, -0.05) is 6.92 Å². The van der Waals surface area contributed by atoms with Crippen LogP contribution >= 0.6 is 0 Å². The first kappa shape index (κ1) is 26.9. The standard InChI is InChI=1S/C21H25N3O9/c1-5-15(11-18(25)31-4)32-21(28)33-17-10-13(9-16(19(17)26)24(29)30)8-14(12-22)20(27)23(6-2)7-3/h8-10,15,26H,5-7,11H2,1-4H3. The van der Waals surface area contributed by atoms with Gasteiger partial charge in [-0.3, -0.25) is 19.7 Å². The Morgan fingerprint density at radius 3 is 2.39 bits per heavy atom. The first-order valence-electron chi connectivity index (χ1n) is 9.99. The highest BCUT2D eigenvalue weighted by atomic mass is 16.7. The first-order valence-corrected chi connectivity index (χ1v) is 9.99. The molecule has 1 atom stereocenters. The lowest BCUT2D eigenvalue weighted by Gasteiger charge is -2.17. The fraction of sp³-hybridized carbons (Fsp3) is 0.429. The van der Waals surface area contributed by atoms with Crippen LogP contribution in [0.25, 0.3) is 6.08 Å². The number of carbonyl (C=O) groups is 3. The number of nitrogens with zero attached hydrogens (tertiary/aromatic N) is 3. The van der Waals surface area contributed by atoms with E-state index in [4.69, 9.17) is 9.47 Å². The highest BCUT2D eigenvalue weighted by Gasteiger charge is 2.25. The molecule has 1 aromatic carbocycles. The van der Waals surface area contributed by atoms with E-state index in [-0.39, 0.29) is 24.0 Å². The molecule has 12 heteroatoms. The maximum absolute atomic E-state index is 12.5. The number of methoxy groups -OCH3 is 1. The van der Waals surface area contributed by atoms with Gasteiger partial charge in [-0.2, -0.15) is 5.26 Å². The number of benzene rings is 1. The van der Waals surface area contributed by atoms with Gasteiger partial charge in [-0.25, -0.2) is 4.79 Å². The maximum atomic E-state index is 12.5. The van der Waals surface area contributed by atoms with Crippen molar-refractivity contribution in [3.05, 3.63) is 33.4 Å². The normalized spacial score (nSPS) is 11.7. The summed E-state index contributed by atoms with van der Waals surface area (Å²) in [7, 11) is 1.17. The predicted octanol–water partition coefficient (Wildman–Crippen LogP) is 2.93. The van der Waals surface area contributed by atoms with Gasteiger partial charge in [-0.15, -0.1) is 0 Å². The lowest BCUT2D eigenvalue weighted by atomic mass is 10.1. The summed E-state index contributed by atoms with van der Waals surface area (Å²) >= 11 is 0. The molecule has 0 aliphatic heterocycles. The van der Waals surface area contributed by atoms with Gasteiger partial charge in [0.25, 0.3) is 5.91 Å². The summed E-state index contributed by atoms with van der Waals surface area (Å²) in [5.41, 5.74) is -1.17. The van der Waals surface area contributed by atoms with E-state index in [1.165, 1.54) is 12.0 Å². The lowest BCUT2D eigenvalue weighted by molar-refractivity contribution is -0.385. The number of phenols is 1.